The molecular formula is C9H17NO2. The fourth-order valence-corrected chi connectivity index (χ4v) is 0.444. The summed E-state index contributed by atoms with van der Waals surface area (Å²) >= 11 is 0. The normalized spacial score (nSPS) is 11.5. The Bertz CT molecular complexity index is 189. The van der Waals surface area contributed by atoms with Gasteiger partial charge in [0.1, 0.15) is 0 Å². The molecule has 0 heterocycles. The predicted octanol–water partition coefficient (Wildman–Crippen LogP) is 1.33. The molecule has 0 aliphatic heterocycles. The second kappa shape index (κ2) is 3.70. The number of hydrogen-bond donors (Lipinski definition) is 1. The smallest absolute Gasteiger partial charge is 0.231 e. The number of rotatable bonds is 1. The molecule has 0 aromatic heterocycles. The Morgan fingerprint density at radius 1 is 1.17 bits per heavy atom. The first-order chi connectivity index (χ1) is 5.25. The largest absolute Gasteiger partial charge is 0.296 e. The maximum absolute atomic E-state index is 11.2. The average molecular weight is 171 g/mol. The first-order valence-corrected chi connectivity index (χ1v) is 4.10. The zero-order chi connectivity index (χ0) is 9.94. The number of hydrogen-bond acceptors (Lipinski definition) is 2. The number of amides is 2. The van der Waals surface area contributed by atoms with Crippen molar-refractivity contribution >= 4 is 11.8 Å². The van der Waals surface area contributed by atoms with Gasteiger partial charge in [-0.05, 0) is 0 Å². The van der Waals surface area contributed by atoms with Gasteiger partial charge in [-0.3, -0.25) is 14.9 Å². The van der Waals surface area contributed by atoms with Crippen LogP contribution in [0.4, 0.5) is 0 Å². The Kier molecular flexibility index (Phi) is 3.43. The van der Waals surface area contributed by atoms with Gasteiger partial charge in [-0.15, -0.1) is 0 Å². The maximum Gasteiger partial charge on any atom is 0.231 e. The van der Waals surface area contributed by atoms with Gasteiger partial charge in [0.05, 0.1) is 0 Å². The van der Waals surface area contributed by atoms with E-state index < -0.39 is 5.41 Å². The molecule has 2 amide bonds. The van der Waals surface area contributed by atoms with E-state index in [0.717, 1.165) is 0 Å². The van der Waals surface area contributed by atoms with Crippen molar-refractivity contribution in [1.29, 1.82) is 0 Å². The topological polar surface area (TPSA) is 46.2 Å². The summed E-state index contributed by atoms with van der Waals surface area (Å²) < 4.78 is 0. The Labute approximate surface area is 73.5 Å². The van der Waals surface area contributed by atoms with Gasteiger partial charge in [0.2, 0.25) is 11.8 Å². The van der Waals surface area contributed by atoms with Crippen LogP contribution in [0.2, 0.25) is 0 Å². The first-order valence-electron chi connectivity index (χ1n) is 4.10. The Morgan fingerprint density at radius 3 is 1.83 bits per heavy atom. The Balaban J connectivity index is 4.12. The third-order valence-corrected chi connectivity index (χ3v) is 1.44. The summed E-state index contributed by atoms with van der Waals surface area (Å²) in [5.74, 6) is -0.576. The van der Waals surface area contributed by atoms with Crippen molar-refractivity contribution in [3.05, 3.63) is 0 Å². The van der Waals surface area contributed by atoms with Gasteiger partial charge < -0.3 is 0 Å². The van der Waals surface area contributed by atoms with Gasteiger partial charge in [-0.1, -0.05) is 34.6 Å². The van der Waals surface area contributed by atoms with Crippen molar-refractivity contribution in [3.8, 4) is 0 Å². The van der Waals surface area contributed by atoms with Crippen molar-refractivity contribution in [3.63, 3.8) is 0 Å². The molecule has 0 aromatic carbocycles. The molecule has 0 radical (unpaired) electrons. The minimum absolute atomic E-state index is 0.142. The van der Waals surface area contributed by atoms with Crippen molar-refractivity contribution in [2.45, 2.75) is 34.6 Å². The van der Waals surface area contributed by atoms with Gasteiger partial charge in [0.15, 0.2) is 0 Å². The van der Waals surface area contributed by atoms with E-state index in [4.69, 9.17) is 0 Å². The number of imide groups is 1. The molecule has 0 aliphatic carbocycles. The predicted molar refractivity (Wildman–Crippen MR) is 47.4 cm³/mol. The highest BCUT2D eigenvalue weighted by molar-refractivity contribution is 5.98. The van der Waals surface area contributed by atoms with Gasteiger partial charge >= 0.3 is 0 Å². The van der Waals surface area contributed by atoms with Crippen LogP contribution in [0, 0.1) is 11.3 Å². The second-order valence-corrected chi connectivity index (χ2v) is 4.22. The van der Waals surface area contributed by atoms with E-state index in [0.29, 0.717) is 0 Å². The third kappa shape index (κ3) is 3.51. The summed E-state index contributed by atoms with van der Waals surface area (Å²) in [6.45, 7) is 8.83. The Morgan fingerprint density at radius 2 is 1.58 bits per heavy atom. The first kappa shape index (κ1) is 11.1. The zero-order valence-corrected chi connectivity index (χ0v) is 8.39. The highest BCUT2D eigenvalue weighted by Crippen LogP contribution is 2.12. The lowest BCUT2D eigenvalue weighted by molar-refractivity contribution is -0.136. The molecule has 12 heavy (non-hydrogen) atoms. The van der Waals surface area contributed by atoms with E-state index in [2.05, 4.69) is 5.32 Å². The summed E-state index contributed by atoms with van der Waals surface area (Å²) in [6.07, 6.45) is 0. The second-order valence-electron chi connectivity index (χ2n) is 4.22. The molecule has 0 aliphatic rings. The van der Waals surface area contributed by atoms with Crippen LogP contribution in [0.1, 0.15) is 34.6 Å². The van der Waals surface area contributed by atoms with Crippen LogP contribution in [0.25, 0.3) is 0 Å². The van der Waals surface area contributed by atoms with Crippen LogP contribution in [0.3, 0.4) is 0 Å². The van der Waals surface area contributed by atoms with Gasteiger partial charge in [0.25, 0.3) is 0 Å². The Hall–Kier alpha value is -0.860. The molecule has 0 atom stereocenters. The van der Waals surface area contributed by atoms with Crippen LogP contribution in [-0.4, -0.2) is 11.8 Å². The van der Waals surface area contributed by atoms with Crippen LogP contribution in [0.15, 0.2) is 0 Å². The van der Waals surface area contributed by atoms with E-state index in [1.54, 1.807) is 34.6 Å². The van der Waals surface area contributed by atoms with E-state index in [1.807, 2.05) is 0 Å². The lowest BCUT2D eigenvalue weighted by Crippen LogP contribution is -2.40. The van der Waals surface area contributed by atoms with Crippen LogP contribution >= 0.6 is 0 Å². The monoisotopic (exact) mass is 171 g/mol. The quantitative estimate of drug-likeness (QED) is 0.647. The molecule has 0 fully saturated rings. The van der Waals surface area contributed by atoms with Crippen molar-refractivity contribution in [2.75, 3.05) is 0 Å². The number of nitrogens with one attached hydrogen (secondary N) is 1. The lowest BCUT2D eigenvalue weighted by Gasteiger charge is -2.17. The SMILES string of the molecule is CC(C)C(=O)NC(=O)C(C)(C)C. The standard InChI is InChI=1S/C9H17NO2/c1-6(2)7(11)10-8(12)9(3,4)5/h6H,1-5H3,(H,10,11,12). The zero-order valence-electron chi connectivity index (χ0n) is 8.39. The molecule has 0 saturated heterocycles. The molecule has 0 bridgehead atoms. The molecule has 0 unspecified atom stereocenters. The fourth-order valence-electron chi connectivity index (χ4n) is 0.444. The van der Waals surface area contributed by atoms with Crippen molar-refractivity contribution in [1.82, 2.24) is 5.32 Å². The number of carbonyl (C=O) groups excluding carboxylic acids is 2. The minimum atomic E-state index is -0.495. The van der Waals surface area contributed by atoms with E-state index in [1.165, 1.54) is 0 Å². The summed E-state index contributed by atoms with van der Waals surface area (Å²) in [5.41, 5.74) is -0.495. The highest BCUT2D eigenvalue weighted by Gasteiger charge is 2.23. The molecule has 0 rings (SSSR count). The van der Waals surface area contributed by atoms with E-state index in [-0.39, 0.29) is 17.7 Å². The van der Waals surface area contributed by atoms with E-state index >= 15 is 0 Å². The van der Waals surface area contributed by atoms with Crippen LogP contribution in [-0.2, 0) is 9.59 Å². The summed E-state index contributed by atoms with van der Waals surface area (Å²) in [7, 11) is 0. The molecule has 1 N–H and O–H groups in total. The lowest BCUT2D eigenvalue weighted by atomic mass is 9.95. The molecular weight excluding hydrogens is 154 g/mol. The molecule has 3 nitrogen and oxygen atoms in total. The minimum Gasteiger partial charge on any atom is -0.296 e. The van der Waals surface area contributed by atoms with Gasteiger partial charge in [0, 0.05) is 11.3 Å². The molecule has 70 valence electrons. The molecule has 0 saturated carbocycles. The van der Waals surface area contributed by atoms with Crippen molar-refractivity contribution < 1.29 is 9.59 Å². The summed E-state index contributed by atoms with van der Waals surface area (Å²) in [5, 5.41) is 2.34. The maximum atomic E-state index is 11.2. The van der Waals surface area contributed by atoms with Gasteiger partial charge in [-0.2, -0.15) is 0 Å². The number of carbonyl (C=O) groups is 2. The summed E-state index contributed by atoms with van der Waals surface area (Å²) in [4.78, 5) is 22.3. The van der Waals surface area contributed by atoms with E-state index in [9.17, 15) is 9.59 Å². The summed E-state index contributed by atoms with van der Waals surface area (Å²) in [6, 6.07) is 0. The highest BCUT2D eigenvalue weighted by atomic mass is 16.2. The molecule has 0 spiro atoms. The van der Waals surface area contributed by atoms with Crippen molar-refractivity contribution in [2.24, 2.45) is 11.3 Å². The van der Waals surface area contributed by atoms with Crippen LogP contribution in [0.5, 0.6) is 0 Å². The average Bonchev–Trinajstić information content (AvgIpc) is 1.85. The molecule has 0 aromatic rings. The molecule has 3 heteroatoms. The third-order valence-electron chi connectivity index (χ3n) is 1.44. The fraction of sp³-hybridized carbons (Fsp3) is 0.778. The van der Waals surface area contributed by atoms with Gasteiger partial charge in [-0.25, -0.2) is 0 Å². The van der Waals surface area contributed by atoms with Crippen LogP contribution < -0.4 is 5.32 Å².